The van der Waals surface area contributed by atoms with Crippen LogP contribution in [0.25, 0.3) is 11.1 Å². The van der Waals surface area contributed by atoms with Crippen molar-refractivity contribution in [3.8, 4) is 11.1 Å². The summed E-state index contributed by atoms with van der Waals surface area (Å²) in [5.74, 6) is 1.29. The van der Waals surface area contributed by atoms with Gasteiger partial charge in [-0.25, -0.2) is 9.97 Å². The zero-order chi connectivity index (χ0) is 18.4. The van der Waals surface area contributed by atoms with Gasteiger partial charge in [-0.05, 0) is 38.0 Å². The number of nitrogens with zero attached hydrogens (tertiary/aromatic N) is 2. The minimum absolute atomic E-state index is 0.231. The molecule has 1 heterocycles. The van der Waals surface area contributed by atoms with E-state index in [1.165, 1.54) is 18.6 Å². The van der Waals surface area contributed by atoms with Gasteiger partial charge in [0.05, 0.1) is 5.56 Å². The van der Waals surface area contributed by atoms with E-state index in [0.29, 0.717) is 22.8 Å². The van der Waals surface area contributed by atoms with Gasteiger partial charge in [0.1, 0.15) is 11.6 Å². The third kappa shape index (κ3) is 5.44. The molecule has 0 amide bonds. The normalized spacial score (nSPS) is 12.9. The summed E-state index contributed by atoms with van der Waals surface area (Å²) in [5, 5.41) is 3.38. The average Bonchev–Trinajstić information content (AvgIpc) is 2.54. The first kappa shape index (κ1) is 19.2. The van der Waals surface area contributed by atoms with Crippen molar-refractivity contribution in [2.24, 2.45) is 0 Å². The third-order valence-electron chi connectivity index (χ3n) is 4.06. The van der Waals surface area contributed by atoms with Gasteiger partial charge in [-0.2, -0.15) is 13.2 Å². The van der Waals surface area contributed by atoms with Gasteiger partial charge in [-0.1, -0.05) is 38.3 Å². The fraction of sp³-hybridized carbons (Fsp3) is 0.474. The van der Waals surface area contributed by atoms with E-state index >= 15 is 0 Å². The molecule has 0 saturated carbocycles. The number of hydrogen-bond acceptors (Lipinski definition) is 3. The number of rotatable bonds is 7. The minimum atomic E-state index is -4.34. The monoisotopic (exact) mass is 351 g/mol. The van der Waals surface area contributed by atoms with E-state index in [0.717, 1.165) is 31.4 Å². The maximum Gasteiger partial charge on any atom is 0.416 e. The van der Waals surface area contributed by atoms with Crippen LogP contribution in [0.3, 0.4) is 0 Å². The van der Waals surface area contributed by atoms with Gasteiger partial charge in [-0.15, -0.1) is 0 Å². The molecule has 1 atom stereocenters. The number of aryl methyl sites for hydroxylation is 1. The summed E-state index contributed by atoms with van der Waals surface area (Å²) in [6.07, 6.45) is 1.81. The van der Waals surface area contributed by atoms with Crippen LogP contribution in [-0.2, 0) is 6.18 Å². The van der Waals surface area contributed by atoms with Crippen LogP contribution in [0.15, 0.2) is 30.5 Å². The highest BCUT2D eigenvalue weighted by Crippen LogP contribution is 2.32. The molecule has 0 fully saturated rings. The predicted octanol–water partition coefficient (Wildman–Crippen LogP) is 5.85. The second kappa shape index (κ2) is 8.32. The van der Waals surface area contributed by atoms with E-state index < -0.39 is 11.7 Å². The smallest absolute Gasteiger partial charge is 0.367 e. The van der Waals surface area contributed by atoms with Crippen molar-refractivity contribution < 1.29 is 13.2 Å². The third-order valence-corrected chi connectivity index (χ3v) is 4.06. The molecule has 1 aromatic carbocycles. The van der Waals surface area contributed by atoms with E-state index in [4.69, 9.17) is 0 Å². The largest absolute Gasteiger partial charge is 0.416 e. The number of nitrogens with one attached hydrogen (secondary N) is 1. The number of aromatic nitrogens is 2. The lowest BCUT2D eigenvalue weighted by Gasteiger charge is -2.17. The molecule has 0 saturated heterocycles. The topological polar surface area (TPSA) is 37.8 Å². The molecule has 0 aliphatic carbocycles. The molecular formula is C19H24F3N3. The molecule has 2 rings (SSSR count). The Hall–Kier alpha value is -2.11. The Balaban J connectivity index is 2.23. The minimum Gasteiger partial charge on any atom is -0.367 e. The molecule has 0 aliphatic heterocycles. The van der Waals surface area contributed by atoms with Crippen molar-refractivity contribution in [3.63, 3.8) is 0 Å². The Morgan fingerprint density at radius 3 is 2.40 bits per heavy atom. The average molecular weight is 351 g/mol. The molecule has 1 aromatic heterocycles. The molecule has 0 aliphatic rings. The Morgan fingerprint density at radius 1 is 1.12 bits per heavy atom. The molecule has 0 bridgehead atoms. The first-order chi connectivity index (χ1) is 11.8. The van der Waals surface area contributed by atoms with Crippen LogP contribution < -0.4 is 5.32 Å². The molecule has 2 aromatic rings. The second-order valence-corrected chi connectivity index (χ2v) is 6.30. The number of halogens is 3. The van der Waals surface area contributed by atoms with Crippen LogP contribution >= 0.6 is 0 Å². The van der Waals surface area contributed by atoms with Crippen molar-refractivity contribution in [2.45, 2.75) is 58.7 Å². The van der Waals surface area contributed by atoms with Gasteiger partial charge < -0.3 is 5.32 Å². The summed E-state index contributed by atoms with van der Waals surface area (Å²) < 4.78 is 38.2. The highest BCUT2D eigenvalue weighted by Gasteiger charge is 2.30. The summed E-state index contributed by atoms with van der Waals surface area (Å²) in [4.78, 5) is 8.64. The molecule has 0 radical (unpaired) electrons. The maximum absolute atomic E-state index is 12.7. The Labute approximate surface area is 146 Å². The summed E-state index contributed by atoms with van der Waals surface area (Å²) in [7, 11) is 0. The number of anilines is 1. The number of benzene rings is 1. The predicted molar refractivity (Wildman–Crippen MR) is 94.4 cm³/mol. The van der Waals surface area contributed by atoms with Crippen molar-refractivity contribution in [1.29, 1.82) is 0 Å². The molecular weight excluding hydrogens is 327 g/mol. The van der Waals surface area contributed by atoms with Gasteiger partial charge in [-0.3, -0.25) is 0 Å². The molecule has 1 N–H and O–H groups in total. The molecule has 1 unspecified atom stereocenters. The van der Waals surface area contributed by atoms with E-state index in [2.05, 4.69) is 29.1 Å². The fourth-order valence-corrected chi connectivity index (χ4v) is 2.64. The molecule has 0 spiro atoms. The van der Waals surface area contributed by atoms with E-state index in [1.807, 2.05) is 0 Å². The zero-order valence-corrected chi connectivity index (χ0v) is 14.8. The zero-order valence-electron chi connectivity index (χ0n) is 14.8. The highest BCUT2D eigenvalue weighted by atomic mass is 19.4. The molecule has 136 valence electrons. The van der Waals surface area contributed by atoms with Crippen LogP contribution in [0.5, 0.6) is 0 Å². The molecule has 6 heteroatoms. The van der Waals surface area contributed by atoms with Crippen LogP contribution in [0.4, 0.5) is 19.0 Å². The highest BCUT2D eigenvalue weighted by molar-refractivity contribution is 5.74. The van der Waals surface area contributed by atoms with Gasteiger partial charge in [0.15, 0.2) is 0 Å². The fourth-order valence-electron chi connectivity index (χ4n) is 2.64. The Bertz CT molecular complexity index is 681. The lowest BCUT2D eigenvalue weighted by atomic mass is 10.0. The summed E-state index contributed by atoms with van der Waals surface area (Å²) in [6.45, 7) is 6.04. The van der Waals surface area contributed by atoms with Crippen LogP contribution in [0.1, 0.15) is 50.9 Å². The van der Waals surface area contributed by atoms with Gasteiger partial charge in [0.2, 0.25) is 0 Å². The number of unbranched alkanes of at least 4 members (excludes halogenated alkanes) is 2. The summed E-state index contributed by atoms with van der Waals surface area (Å²) in [6, 6.07) is 5.33. The summed E-state index contributed by atoms with van der Waals surface area (Å²) >= 11 is 0. The van der Waals surface area contributed by atoms with Crippen molar-refractivity contribution >= 4 is 5.82 Å². The Morgan fingerprint density at radius 2 is 1.80 bits per heavy atom. The van der Waals surface area contributed by atoms with Crippen molar-refractivity contribution in [3.05, 3.63) is 41.9 Å². The van der Waals surface area contributed by atoms with Gasteiger partial charge in [0.25, 0.3) is 0 Å². The van der Waals surface area contributed by atoms with Crippen LogP contribution in [-0.4, -0.2) is 16.0 Å². The molecule has 25 heavy (non-hydrogen) atoms. The standard InChI is InChI=1S/C19H24F3N3/c1-4-5-6-7-13(2)24-18-17(12-23-14(3)25-18)15-8-10-16(11-9-15)19(20,21)22/h8-13H,4-7H2,1-3H3,(H,23,24,25). The van der Waals surface area contributed by atoms with Gasteiger partial charge in [0, 0.05) is 17.8 Å². The number of hydrogen-bond donors (Lipinski definition) is 1. The van der Waals surface area contributed by atoms with Crippen molar-refractivity contribution in [2.75, 3.05) is 5.32 Å². The lowest BCUT2D eigenvalue weighted by Crippen LogP contribution is -2.17. The first-order valence-electron chi connectivity index (χ1n) is 8.59. The molecule has 3 nitrogen and oxygen atoms in total. The van der Waals surface area contributed by atoms with Crippen molar-refractivity contribution in [1.82, 2.24) is 9.97 Å². The second-order valence-electron chi connectivity index (χ2n) is 6.30. The van der Waals surface area contributed by atoms with E-state index in [9.17, 15) is 13.2 Å². The first-order valence-corrected chi connectivity index (χ1v) is 8.59. The van der Waals surface area contributed by atoms with Crippen LogP contribution in [0, 0.1) is 6.92 Å². The maximum atomic E-state index is 12.7. The van der Waals surface area contributed by atoms with Crippen LogP contribution in [0.2, 0.25) is 0 Å². The number of alkyl halides is 3. The Kier molecular flexibility index (Phi) is 6.39. The van der Waals surface area contributed by atoms with Gasteiger partial charge >= 0.3 is 6.18 Å². The van der Waals surface area contributed by atoms with E-state index in [-0.39, 0.29) is 6.04 Å². The lowest BCUT2D eigenvalue weighted by molar-refractivity contribution is -0.137. The summed E-state index contributed by atoms with van der Waals surface area (Å²) in [5.41, 5.74) is 0.713. The quantitative estimate of drug-likeness (QED) is 0.636. The SMILES string of the molecule is CCCCCC(C)Nc1nc(C)ncc1-c1ccc(C(F)(F)F)cc1. The van der Waals surface area contributed by atoms with E-state index in [1.54, 1.807) is 13.1 Å².